The van der Waals surface area contributed by atoms with E-state index >= 15 is 0 Å². The summed E-state index contributed by atoms with van der Waals surface area (Å²) in [5.41, 5.74) is -0.170. The molecule has 0 aromatic rings. The van der Waals surface area contributed by atoms with Gasteiger partial charge in [0.15, 0.2) is 5.78 Å². The fraction of sp³-hybridized carbons (Fsp3) is 0.857. The molecule has 2 heterocycles. The van der Waals surface area contributed by atoms with Crippen LogP contribution in [0, 0.1) is 5.92 Å². The van der Waals surface area contributed by atoms with Crippen LogP contribution in [0.15, 0.2) is 0 Å². The van der Waals surface area contributed by atoms with Crippen LogP contribution in [-0.2, 0) is 14.3 Å². The molecule has 0 saturated carbocycles. The number of piperidine rings is 1. The molecule has 18 heavy (non-hydrogen) atoms. The van der Waals surface area contributed by atoms with Crippen molar-refractivity contribution in [1.82, 2.24) is 4.90 Å². The van der Waals surface area contributed by atoms with Gasteiger partial charge in [0, 0.05) is 31.6 Å². The molecule has 4 nitrogen and oxygen atoms in total. The van der Waals surface area contributed by atoms with Gasteiger partial charge in [-0.25, -0.2) is 0 Å². The summed E-state index contributed by atoms with van der Waals surface area (Å²) in [6.45, 7) is 5.94. The second-order valence-corrected chi connectivity index (χ2v) is 6.09. The van der Waals surface area contributed by atoms with E-state index in [4.69, 9.17) is 4.74 Å². The molecule has 102 valence electrons. The smallest absolute Gasteiger partial charge is 0.223 e. The number of amides is 1. The topological polar surface area (TPSA) is 46.6 Å². The molecule has 4 heteroatoms. The number of nitrogens with zero attached hydrogens (tertiary/aromatic N) is 1. The first-order chi connectivity index (χ1) is 8.49. The molecular formula is C14H23NO3. The van der Waals surface area contributed by atoms with Crippen molar-refractivity contribution in [1.29, 1.82) is 0 Å². The SMILES string of the molecule is CC1(C)CCC(=O)CN1C(=O)CC1CCOCC1. The molecule has 0 atom stereocenters. The summed E-state index contributed by atoms with van der Waals surface area (Å²) in [6, 6.07) is 0. The van der Waals surface area contributed by atoms with Crippen molar-refractivity contribution < 1.29 is 14.3 Å². The maximum Gasteiger partial charge on any atom is 0.223 e. The molecule has 0 bridgehead atoms. The molecule has 2 aliphatic heterocycles. The van der Waals surface area contributed by atoms with E-state index in [1.54, 1.807) is 4.90 Å². The Morgan fingerprint density at radius 3 is 2.72 bits per heavy atom. The Morgan fingerprint density at radius 1 is 1.39 bits per heavy atom. The summed E-state index contributed by atoms with van der Waals surface area (Å²) in [5.74, 6) is 0.758. The van der Waals surface area contributed by atoms with Gasteiger partial charge in [0.25, 0.3) is 0 Å². The van der Waals surface area contributed by atoms with Crippen molar-refractivity contribution in [3.63, 3.8) is 0 Å². The number of likely N-dealkylation sites (tertiary alicyclic amines) is 1. The highest BCUT2D eigenvalue weighted by Crippen LogP contribution is 2.28. The number of Topliss-reactive ketones (excluding diaryl/α,β-unsaturated/α-hetero) is 1. The molecule has 0 spiro atoms. The third-order valence-electron chi connectivity index (χ3n) is 4.19. The molecule has 0 aliphatic carbocycles. The predicted octanol–water partition coefficient (Wildman–Crippen LogP) is 1.77. The molecule has 0 unspecified atom stereocenters. The summed E-state index contributed by atoms with van der Waals surface area (Å²) in [5, 5.41) is 0. The second-order valence-electron chi connectivity index (χ2n) is 6.09. The highest BCUT2D eigenvalue weighted by atomic mass is 16.5. The fourth-order valence-corrected chi connectivity index (χ4v) is 2.78. The van der Waals surface area contributed by atoms with Gasteiger partial charge >= 0.3 is 0 Å². The lowest BCUT2D eigenvalue weighted by molar-refractivity contribution is -0.146. The number of carbonyl (C=O) groups is 2. The number of hydrogen-bond acceptors (Lipinski definition) is 3. The van der Waals surface area contributed by atoms with Gasteiger partial charge in [0.05, 0.1) is 6.54 Å². The first kappa shape index (κ1) is 13.5. The Labute approximate surface area is 109 Å². The maximum absolute atomic E-state index is 12.4. The normalized spacial score (nSPS) is 25.2. The second kappa shape index (κ2) is 5.39. The van der Waals surface area contributed by atoms with Crippen LogP contribution in [0.3, 0.4) is 0 Å². The van der Waals surface area contributed by atoms with Crippen LogP contribution >= 0.6 is 0 Å². The summed E-state index contributed by atoms with van der Waals surface area (Å²) < 4.78 is 5.31. The zero-order valence-electron chi connectivity index (χ0n) is 11.4. The Hall–Kier alpha value is -0.900. The van der Waals surface area contributed by atoms with Crippen molar-refractivity contribution in [3.05, 3.63) is 0 Å². The minimum absolute atomic E-state index is 0.139. The van der Waals surface area contributed by atoms with Gasteiger partial charge in [0.2, 0.25) is 5.91 Å². The standard InChI is InChI=1S/C14H23NO3/c1-14(2)6-3-12(16)10-15(14)13(17)9-11-4-7-18-8-5-11/h11H,3-10H2,1-2H3. The lowest BCUT2D eigenvalue weighted by atomic mass is 9.88. The molecule has 2 saturated heterocycles. The van der Waals surface area contributed by atoms with Gasteiger partial charge in [-0.3, -0.25) is 9.59 Å². The van der Waals surface area contributed by atoms with E-state index in [-0.39, 0.29) is 17.2 Å². The zero-order valence-corrected chi connectivity index (χ0v) is 11.4. The number of ketones is 1. The highest BCUT2D eigenvalue weighted by molar-refractivity contribution is 5.88. The summed E-state index contributed by atoms with van der Waals surface area (Å²) in [6.07, 6.45) is 3.89. The number of hydrogen-bond donors (Lipinski definition) is 0. The van der Waals surface area contributed by atoms with Crippen molar-refractivity contribution in [2.24, 2.45) is 5.92 Å². The molecule has 2 fully saturated rings. The number of ether oxygens (including phenoxy) is 1. The molecule has 0 N–H and O–H groups in total. The molecule has 1 amide bonds. The van der Waals surface area contributed by atoms with Gasteiger partial charge < -0.3 is 9.64 Å². The van der Waals surface area contributed by atoms with E-state index in [0.29, 0.717) is 25.3 Å². The highest BCUT2D eigenvalue weighted by Gasteiger charge is 2.37. The van der Waals surface area contributed by atoms with E-state index in [9.17, 15) is 9.59 Å². The Kier molecular flexibility index (Phi) is 4.05. The molecule has 0 aromatic carbocycles. The van der Waals surface area contributed by atoms with Crippen LogP contribution in [0.5, 0.6) is 0 Å². The van der Waals surface area contributed by atoms with E-state index in [1.165, 1.54) is 0 Å². The third-order valence-corrected chi connectivity index (χ3v) is 4.19. The largest absolute Gasteiger partial charge is 0.381 e. The van der Waals surface area contributed by atoms with E-state index in [0.717, 1.165) is 32.5 Å². The molecule has 2 rings (SSSR count). The zero-order chi connectivity index (χ0) is 13.2. The maximum atomic E-state index is 12.4. The lowest BCUT2D eigenvalue weighted by Crippen LogP contribution is -2.53. The lowest BCUT2D eigenvalue weighted by Gasteiger charge is -2.42. The number of carbonyl (C=O) groups excluding carboxylic acids is 2. The average Bonchev–Trinajstić information content (AvgIpc) is 2.33. The van der Waals surface area contributed by atoms with Crippen LogP contribution in [0.2, 0.25) is 0 Å². The van der Waals surface area contributed by atoms with Gasteiger partial charge in [-0.2, -0.15) is 0 Å². The summed E-state index contributed by atoms with van der Waals surface area (Å²) >= 11 is 0. The minimum Gasteiger partial charge on any atom is -0.381 e. The van der Waals surface area contributed by atoms with Crippen LogP contribution in [0.1, 0.15) is 46.0 Å². The molecule has 0 radical (unpaired) electrons. The Bertz CT molecular complexity index is 332. The molecule has 0 aromatic heterocycles. The van der Waals surface area contributed by atoms with E-state index in [2.05, 4.69) is 13.8 Å². The Morgan fingerprint density at radius 2 is 2.06 bits per heavy atom. The third kappa shape index (κ3) is 3.10. The fourth-order valence-electron chi connectivity index (χ4n) is 2.78. The first-order valence-corrected chi connectivity index (χ1v) is 6.89. The van der Waals surface area contributed by atoms with Crippen molar-refractivity contribution >= 4 is 11.7 Å². The van der Waals surface area contributed by atoms with Crippen LogP contribution in [-0.4, -0.2) is 41.9 Å². The molecular weight excluding hydrogens is 230 g/mol. The van der Waals surface area contributed by atoms with E-state index < -0.39 is 0 Å². The van der Waals surface area contributed by atoms with Gasteiger partial charge in [-0.05, 0) is 39.0 Å². The Balaban J connectivity index is 1.95. The van der Waals surface area contributed by atoms with Crippen LogP contribution in [0.25, 0.3) is 0 Å². The average molecular weight is 253 g/mol. The quantitative estimate of drug-likeness (QED) is 0.753. The van der Waals surface area contributed by atoms with Crippen molar-refractivity contribution in [3.8, 4) is 0 Å². The van der Waals surface area contributed by atoms with E-state index in [1.807, 2.05) is 0 Å². The first-order valence-electron chi connectivity index (χ1n) is 6.89. The summed E-state index contributed by atoms with van der Waals surface area (Å²) in [7, 11) is 0. The monoisotopic (exact) mass is 253 g/mol. The van der Waals surface area contributed by atoms with Gasteiger partial charge in [-0.1, -0.05) is 0 Å². The van der Waals surface area contributed by atoms with Crippen LogP contribution < -0.4 is 0 Å². The summed E-state index contributed by atoms with van der Waals surface area (Å²) in [4.78, 5) is 25.7. The van der Waals surface area contributed by atoms with Gasteiger partial charge in [0.1, 0.15) is 0 Å². The van der Waals surface area contributed by atoms with Crippen molar-refractivity contribution in [2.75, 3.05) is 19.8 Å². The van der Waals surface area contributed by atoms with Gasteiger partial charge in [-0.15, -0.1) is 0 Å². The van der Waals surface area contributed by atoms with Crippen LogP contribution in [0.4, 0.5) is 0 Å². The number of rotatable bonds is 2. The molecule has 2 aliphatic rings. The minimum atomic E-state index is -0.170. The van der Waals surface area contributed by atoms with Crippen molar-refractivity contribution in [2.45, 2.75) is 51.5 Å². The predicted molar refractivity (Wildman–Crippen MR) is 68.2 cm³/mol.